The average molecular weight is 346 g/mol. The Bertz CT molecular complexity index is 718. The molecule has 1 amide bonds. The van der Waals surface area contributed by atoms with E-state index in [0.717, 1.165) is 12.8 Å². The van der Waals surface area contributed by atoms with Crippen LogP contribution in [0.3, 0.4) is 0 Å². The topological polar surface area (TPSA) is 60.2 Å². The van der Waals surface area contributed by atoms with Crippen LogP contribution in [0.5, 0.6) is 0 Å². The van der Waals surface area contributed by atoms with E-state index in [4.69, 9.17) is 4.74 Å². The molecule has 3 rings (SSSR count). The minimum atomic E-state index is -0.351. The molecule has 1 aliphatic heterocycles. The van der Waals surface area contributed by atoms with E-state index in [0.29, 0.717) is 24.2 Å². The van der Waals surface area contributed by atoms with Gasteiger partial charge in [0.15, 0.2) is 0 Å². The summed E-state index contributed by atoms with van der Waals surface area (Å²) in [7, 11) is 0. The van der Waals surface area contributed by atoms with Gasteiger partial charge in [0.05, 0.1) is 18.8 Å². The van der Waals surface area contributed by atoms with Crippen molar-refractivity contribution in [3.8, 4) is 0 Å². The zero-order valence-corrected chi connectivity index (χ0v) is 14.6. The fraction of sp³-hybridized carbons (Fsp3) is 0.500. The summed E-state index contributed by atoms with van der Waals surface area (Å²) in [6, 6.07) is 4.60. The third kappa shape index (κ3) is 4.22. The van der Waals surface area contributed by atoms with Crippen molar-refractivity contribution in [1.29, 1.82) is 0 Å². The summed E-state index contributed by atoms with van der Waals surface area (Å²) >= 11 is 0. The number of amides is 1. The lowest BCUT2D eigenvalue weighted by Gasteiger charge is -2.32. The SMILES string of the molecule is CC(C)OCc1cc(C(=O)N2CCCC(n3cncn3)C2)ccc1F. The number of benzene rings is 1. The molecule has 1 aromatic heterocycles. The van der Waals surface area contributed by atoms with E-state index in [2.05, 4.69) is 10.1 Å². The van der Waals surface area contributed by atoms with Crippen LogP contribution in [0.1, 0.15) is 48.7 Å². The molecular weight excluding hydrogens is 323 g/mol. The third-order valence-electron chi connectivity index (χ3n) is 4.36. The average Bonchev–Trinajstić information content (AvgIpc) is 3.15. The van der Waals surface area contributed by atoms with Gasteiger partial charge in [-0.05, 0) is 44.9 Å². The molecule has 0 bridgehead atoms. The van der Waals surface area contributed by atoms with E-state index in [1.165, 1.54) is 18.5 Å². The van der Waals surface area contributed by atoms with Crippen molar-refractivity contribution in [2.75, 3.05) is 13.1 Å². The molecule has 134 valence electrons. The van der Waals surface area contributed by atoms with Crippen LogP contribution in [-0.2, 0) is 11.3 Å². The number of ether oxygens (including phenoxy) is 1. The number of rotatable bonds is 5. The predicted molar refractivity (Wildman–Crippen MR) is 90.5 cm³/mol. The van der Waals surface area contributed by atoms with Gasteiger partial charge in [0.25, 0.3) is 5.91 Å². The largest absolute Gasteiger partial charge is 0.374 e. The molecule has 1 saturated heterocycles. The van der Waals surface area contributed by atoms with E-state index >= 15 is 0 Å². The van der Waals surface area contributed by atoms with Crippen LogP contribution in [0.15, 0.2) is 30.9 Å². The Morgan fingerprint density at radius 2 is 2.28 bits per heavy atom. The molecular formula is C18H23FN4O2. The van der Waals surface area contributed by atoms with Gasteiger partial charge in [-0.25, -0.2) is 14.1 Å². The van der Waals surface area contributed by atoms with Crippen LogP contribution in [0, 0.1) is 5.82 Å². The Kier molecular flexibility index (Phi) is 5.43. The van der Waals surface area contributed by atoms with Crippen molar-refractivity contribution in [2.24, 2.45) is 0 Å². The zero-order chi connectivity index (χ0) is 17.8. The molecule has 7 heteroatoms. The Hall–Kier alpha value is -2.28. The van der Waals surface area contributed by atoms with Gasteiger partial charge in [0, 0.05) is 24.2 Å². The van der Waals surface area contributed by atoms with Crippen molar-refractivity contribution < 1.29 is 13.9 Å². The fourth-order valence-corrected chi connectivity index (χ4v) is 3.02. The first-order chi connectivity index (χ1) is 12.0. The van der Waals surface area contributed by atoms with E-state index in [-0.39, 0.29) is 30.5 Å². The second-order valence-electron chi connectivity index (χ2n) is 6.59. The lowest BCUT2D eigenvalue weighted by atomic mass is 10.0. The molecule has 0 aliphatic carbocycles. The summed E-state index contributed by atoms with van der Waals surface area (Å²) in [6.07, 6.45) is 5.05. The number of carbonyl (C=O) groups is 1. The quantitative estimate of drug-likeness (QED) is 0.835. The van der Waals surface area contributed by atoms with Crippen LogP contribution < -0.4 is 0 Å². The van der Waals surface area contributed by atoms with Crippen LogP contribution in [0.25, 0.3) is 0 Å². The van der Waals surface area contributed by atoms with Crippen LogP contribution in [0.4, 0.5) is 4.39 Å². The van der Waals surface area contributed by atoms with Gasteiger partial charge in [0.1, 0.15) is 18.5 Å². The first-order valence-electron chi connectivity index (χ1n) is 8.58. The highest BCUT2D eigenvalue weighted by Gasteiger charge is 2.26. The molecule has 2 aromatic rings. The number of piperidine rings is 1. The minimum absolute atomic E-state index is 0.00397. The Morgan fingerprint density at radius 1 is 1.44 bits per heavy atom. The lowest BCUT2D eigenvalue weighted by molar-refractivity contribution is 0.0633. The van der Waals surface area contributed by atoms with Crippen molar-refractivity contribution in [3.05, 3.63) is 47.8 Å². The maximum absolute atomic E-state index is 14.0. The van der Waals surface area contributed by atoms with Gasteiger partial charge in [0.2, 0.25) is 0 Å². The first-order valence-corrected chi connectivity index (χ1v) is 8.58. The van der Waals surface area contributed by atoms with Crippen LogP contribution >= 0.6 is 0 Å². The summed E-state index contributed by atoms with van der Waals surface area (Å²) in [6.45, 7) is 5.22. The molecule has 0 saturated carbocycles. The van der Waals surface area contributed by atoms with Crippen LogP contribution in [0.2, 0.25) is 0 Å². The molecule has 25 heavy (non-hydrogen) atoms. The molecule has 1 unspecified atom stereocenters. The number of halogens is 1. The second kappa shape index (κ2) is 7.74. The number of hydrogen-bond acceptors (Lipinski definition) is 4. The van der Waals surface area contributed by atoms with Gasteiger partial charge < -0.3 is 9.64 Å². The summed E-state index contributed by atoms with van der Waals surface area (Å²) in [5, 5.41) is 4.17. The lowest BCUT2D eigenvalue weighted by Crippen LogP contribution is -2.40. The highest BCUT2D eigenvalue weighted by Crippen LogP contribution is 2.22. The van der Waals surface area contributed by atoms with Gasteiger partial charge in [-0.15, -0.1) is 0 Å². The molecule has 6 nitrogen and oxygen atoms in total. The molecule has 1 atom stereocenters. The molecule has 1 fully saturated rings. The van der Waals surface area contributed by atoms with Crippen molar-refractivity contribution in [1.82, 2.24) is 19.7 Å². The molecule has 1 aliphatic rings. The zero-order valence-electron chi connectivity index (χ0n) is 14.6. The van der Waals surface area contributed by atoms with E-state index in [1.54, 1.807) is 22.0 Å². The smallest absolute Gasteiger partial charge is 0.253 e. The second-order valence-corrected chi connectivity index (χ2v) is 6.59. The number of aromatic nitrogens is 3. The summed E-state index contributed by atoms with van der Waals surface area (Å²) in [5.74, 6) is -0.438. The van der Waals surface area contributed by atoms with Gasteiger partial charge in [-0.2, -0.15) is 5.10 Å². The number of carbonyl (C=O) groups excluding carboxylic acids is 1. The number of hydrogen-bond donors (Lipinski definition) is 0. The standard InChI is InChI=1S/C18H23FN4O2/c1-13(2)25-10-15-8-14(5-6-17(15)19)18(24)22-7-3-4-16(9-22)23-12-20-11-21-23/h5-6,8,11-13,16H,3-4,7,9-10H2,1-2H3. The highest BCUT2D eigenvalue weighted by molar-refractivity contribution is 5.94. The maximum atomic E-state index is 14.0. The number of nitrogens with zero attached hydrogens (tertiary/aromatic N) is 4. The minimum Gasteiger partial charge on any atom is -0.374 e. The summed E-state index contributed by atoms with van der Waals surface area (Å²) in [5.41, 5.74) is 0.896. The Labute approximate surface area is 146 Å². The van der Waals surface area contributed by atoms with Crippen molar-refractivity contribution >= 4 is 5.91 Å². The van der Waals surface area contributed by atoms with Crippen LogP contribution in [-0.4, -0.2) is 44.8 Å². The van der Waals surface area contributed by atoms with Gasteiger partial charge >= 0.3 is 0 Å². The van der Waals surface area contributed by atoms with E-state index in [1.807, 2.05) is 13.8 Å². The molecule has 0 N–H and O–H groups in total. The molecule has 1 aromatic carbocycles. The maximum Gasteiger partial charge on any atom is 0.253 e. The Morgan fingerprint density at radius 3 is 3.00 bits per heavy atom. The van der Waals surface area contributed by atoms with Crippen molar-refractivity contribution in [2.45, 2.75) is 45.4 Å². The normalized spacial score (nSPS) is 17.9. The molecule has 0 spiro atoms. The Balaban J connectivity index is 1.72. The summed E-state index contributed by atoms with van der Waals surface area (Å²) < 4.78 is 21.2. The monoisotopic (exact) mass is 346 g/mol. The molecule has 0 radical (unpaired) electrons. The predicted octanol–water partition coefficient (Wildman–Crippen LogP) is 2.82. The fourth-order valence-electron chi connectivity index (χ4n) is 3.02. The van der Waals surface area contributed by atoms with Gasteiger partial charge in [-0.1, -0.05) is 0 Å². The van der Waals surface area contributed by atoms with Crippen molar-refractivity contribution in [3.63, 3.8) is 0 Å². The molecule has 2 heterocycles. The van der Waals surface area contributed by atoms with E-state index < -0.39 is 0 Å². The first kappa shape index (κ1) is 17.5. The summed E-state index contributed by atoms with van der Waals surface area (Å²) in [4.78, 5) is 18.6. The third-order valence-corrected chi connectivity index (χ3v) is 4.36. The van der Waals surface area contributed by atoms with E-state index in [9.17, 15) is 9.18 Å². The van der Waals surface area contributed by atoms with Gasteiger partial charge in [-0.3, -0.25) is 4.79 Å². The highest BCUT2D eigenvalue weighted by atomic mass is 19.1. The number of likely N-dealkylation sites (tertiary alicyclic amines) is 1.